The van der Waals surface area contributed by atoms with Crippen LogP contribution >= 0.6 is 0 Å². The van der Waals surface area contributed by atoms with Gasteiger partial charge in [0.25, 0.3) is 0 Å². The molecule has 0 aliphatic carbocycles. The zero-order valence-electron chi connectivity index (χ0n) is 7.37. The van der Waals surface area contributed by atoms with Crippen molar-refractivity contribution in [2.45, 2.75) is 6.42 Å². The van der Waals surface area contributed by atoms with Crippen LogP contribution in [0.5, 0.6) is 0 Å². The lowest BCUT2D eigenvalue weighted by Gasteiger charge is -2.21. The number of rotatable bonds is 3. The normalized spacial score (nSPS) is 27.5. The van der Waals surface area contributed by atoms with Gasteiger partial charge in [0.2, 0.25) is 0 Å². The van der Waals surface area contributed by atoms with Gasteiger partial charge in [-0.1, -0.05) is 0 Å². The van der Waals surface area contributed by atoms with Gasteiger partial charge in [-0.15, -0.1) is 0 Å². The first-order valence-electron chi connectivity index (χ1n) is 3.83. The van der Waals surface area contributed by atoms with E-state index in [9.17, 15) is 4.79 Å². The van der Waals surface area contributed by atoms with E-state index in [-0.39, 0.29) is 5.97 Å². The molecule has 1 rings (SSSR count). The Balaban J connectivity index is 2.72. The number of hydrogen-bond acceptors (Lipinski definition) is 4. The lowest BCUT2D eigenvalue weighted by Crippen LogP contribution is -2.36. The van der Waals surface area contributed by atoms with Crippen LogP contribution in [0, 0.1) is 5.41 Å². The number of ether oxygens (including phenoxy) is 2. The second-order valence-electron chi connectivity index (χ2n) is 2.87. The molecule has 0 fully saturated rings. The summed E-state index contributed by atoms with van der Waals surface area (Å²) in [5.41, 5.74) is -0.622. The molecule has 0 bridgehead atoms. The highest BCUT2D eigenvalue weighted by Gasteiger charge is 2.40. The smallest absolute Gasteiger partial charge is 0.319 e. The maximum Gasteiger partial charge on any atom is 0.319 e. The van der Waals surface area contributed by atoms with Gasteiger partial charge in [0, 0.05) is 19.9 Å². The summed E-state index contributed by atoms with van der Waals surface area (Å²) in [4.78, 5) is 15.4. The molecule has 4 nitrogen and oxygen atoms in total. The van der Waals surface area contributed by atoms with Gasteiger partial charge < -0.3 is 9.47 Å². The molecule has 1 unspecified atom stereocenters. The average molecular weight is 171 g/mol. The van der Waals surface area contributed by atoms with Crippen LogP contribution in [-0.4, -0.2) is 39.6 Å². The zero-order valence-corrected chi connectivity index (χ0v) is 7.37. The zero-order chi connectivity index (χ0) is 9.03. The van der Waals surface area contributed by atoms with Gasteiger partial charge in [-0.3, -0.25) is 9.79 Å². The van der Waals surface area contributed by atoms with Crippen LogP contribution in [0.15, 0.2) is 4.99 Å². The van der Waals surface area contributed by atoms with E-state index in [1.54, 1.807) is 13.3 Å². The van der Waals surface area contributed by atoms with Crippen molar-refractivity contribution in [2.75, 3.05) is 27.4 Å². The van der Waals surface area contributed by atoms with Crippen molar-refractivity contribution in [3.05, 3.63) is 0 Å². The van der Waals surface area contributed by atoms with E-state index >= 15 is 0 Å². The molecule has 1 aliphatic heterocycles. The highest BCUT2D eigenvalue weighted by molar-refractivity contribution is 5.96. The number of hydrogen-bond donors (Lipinski definition) is 0. The van der Waals surface area contributed by atoms with E-state index in [4.69, 9.17) is 4.74 Å². The number of aliphatic imine (C=N–C) groups is 1. The highest BCUT2D eigenvalue weighted by atomic mass is 16.5. The summed E-state index contributed by atoms with van der Waals surface area (Å²) in [5, 5.41) is 0. The van der Waals surface area contributed by atoms with Gasteiger partial charge in [0.05, 0.1) is 13.7 Å². The lowest BCUT2D eigenvalue weighted by molar-refractivity contribution is -0.150. The minimum Gasteiger partial charge on any atom is -0.468 e. The fourth-order valence-electron chi connectivity index (χ4n) is 1.35. The molecule has 1 heterocycles. The van der Waals surface area contributed by atoms with Crippen molar-refractivity contribution < 1.29 is 14.3 Å². The highest BCUT2D eigenvalue weighted by Crippen LogP contribution is 2.26. The summed E-state index contributed by atoms with van der Waals surface area (Å²) in [6, 6.07) is 0. The van der Waals surface area contributed by atoms with Crippen molar-refractivity contribution in [3.8, 4) is 0 Å². The maximum absolute atomic E-state index is 11.3. The summed E-state index contributed by atoms with van der Waals surface area (Å²) < 4.78 is 9.64. The summed E-state index contributed by atoms with van der Waals surface area (Å²) >= 11 is 0. The molecule has 68 valence electrons. The first-order chi connectivity index (χ1) is 5.75. The van der Waals surface area contributed by atoms with Gasteiger partial charge in [-0.05, 0) is 6.42 Å². The van der Waals surface area contributed by atoms with Crippen LogP contribution in [0.4, 0.5) is 0 Å². The van der Waals surface area contributed by atoms with Crippen LogP contribution in [0.25, 0.3) is 0 Å². The first-order valence-corrected chi connectivity index (χ1v) is 3.83. The fourth-order valence-corrected chi connectivity index (χ4v) is 1.35. The summed E-state index contributed by atoms with van der Waals surface area (Å²) in [6.45, 7) is 1.03. The molecule has 0 aromatic heterocycles. The quantitative estimate of drug-likeness (QED) is 0.572. The molecule has 0 spiro atoms. The SMILES string of the molecule is COCC1(C(=O)OC)C=NCC1. The topological polar surface area (TPSA) is 47.9 Å². The lowest BCUT2D eigenvalue weighted by atomic mass is 9.89. The van der Waals surface area contributed by atoms with Gasteiger partial charge in [0.15, 0.2) is 0 Å². The second-order valence-corrected chi connectivity index (χ2v) is 2.87. The molecule has 0 aromatic rings. The molecule has 0 N–H and O–H groups in total. The van der Waals surface area contributed by atoms with Gasteiger partial charge >= 0.3 is 5.97 Å². The Hall–Kier alpha value is -0.900. The van der Waals surface area contributed by atoms with E-state index in [0.717, 1.165) is 0 Å². The first kappa shape index (κ1) is 9.19. The third-order valence-electron chi connectivity index (χ3n) is 2.02. The Bertz CT molecular complexity index is 202. The largest absolute Gasteiger partial charge is 0.468 e. The van der Waals surface area contributed by atoms with Crippen LogP contribution in [0.1, 0.15) is 6.42 Å². The molecule has 0 radical (unpaired) electrons. The standard InChI is InChI=1S/C8H13NO3/c1-11-6-8(7(10)12-2)3-4-9-5-8/h5H,3-4,6H2,1-2H3. The van der Waals surface area contributed by atoms with Crippen molar-refractivity contribution in [1.29, 1.82) is 0 Å². The predicted molar refractivity (Wildman–Crippen MR) is 44.3 cm³/mol. The summed E-state index contributed by atoms with van der Waals surface area (Å²) in [7, 11) is 2.95. The number of carbonyl (C=O) groups excluding carboxylic acids is 1. The number of esters is 1. The van der Waals surface area contributed by atoms with Gasteiger partial charge in [-0.25, -0.2) is 0 Å². The van der Waals surface area contributed by atoms with Crippen LogP contribution < -0.4 is 0 Å². The van der Waals surface area contributed by atoms with Gasteiger partial charge in [0.1, 0.15) is 5.41 Å². The van der Waals surface area contributed by atoms with E-state index in [1.807, 2.05) is 0 Å². The third kappa shape index (κ3) is 1.48. The molecule has 0 amide bonds. The van der Waals surface area contributed by atoms with E-state index in [0.29, 0.717) is 19.6 Å². The van der Waals surface area contributed by atoms with Crippen molar-refractivity contribution >= 4 is 12.2 Å². The molecule has 0 saturated heterocycles. The van der Waals surface area contributed by atoms with Crippen molar-refractivity contribution in [2.24, 2.45) is 10.4 Å². The van der Waals surface area contributed by atoms with Gasteiger partial charge in [-0.2, -0.15) is 0 Å². The Morgan fingerprint density at radius 1 is 1.67 bits per heavy atom. The molecular weight excluding hydrogens is 158 g/mol. The Kier molecular flexibility index (Phi) is 2.81. The Morgan fingerprint density at radius 2 is 2.42 bits per heavy atom. The minimum atomic E-state index is -0.622. The van der Waals surface area contributed by atoms with Crippen molar-refractivity contribution in [3.63, 3.8) is 0 Å². The monoisotopic (exact) mass is 171 g/mol. The van der Waals surface area contributed by atoms with E-state index < -0.39 is 5.41 Å². The number of carbonyl (C=O) groups is 1. The van der Waals surface area contributed by atoms with Crippen LogP contribution in [-0.2, 0) is 14.3 Å². The van der Waals surface area contributed by atoms with Crippen molar-refractivity contribution in [1.82, 2.24) is 0 Å². The second kappa shape index (κ2) is 3.67. The van der Waals surface area contributed by atoms with E-state index in [2.05, 4.69) is 9.73 Å². The summed E-state index contributed by atoms with van der Waals surface area (Å²) in [5.74, 6) is -0.259. The van der Waals surface area contributed by atoms with Crippen LogP contribution in [0.3, 0.4) is 0 Å². The fraction of sp³-hybridized carbons (Fsp3) is 0.750. The predicted octanol–water partition coefficient (Wildman–Crippen LogP) is 0.267. The Labute approximate surface area is 71.6 Å². The maximum atomic E-state index is 11.3. The molecule has 1 atom stereocenters. The average Bonchev–Trinajstić information content (AvgIpc) is 2.53. The summed E-state index contributed by atoms with van der Waals surface area (Å²) in [6.07, 6.45) is 2.33. The Morgan fingerprint density at radius 3 is 2.83 bits per heavy atom. The molecule has 4 heteroatoms. The third-order valence-corrected chi connectivity index (χ3v) is 2.02. The molecule has 0 aromatic carbocycles. The number of methoxy groups -OCH3 is 2. The number of nitrogens with zero attached hydrogens (tertiary/aromatic N) is 1. The van der Waals surface area contributed by atoms with E-state index in [1.165, 1.54) is 7.11 Å². The minimum absolute atomic E-state index is 0.259. The molecule has 0 saturated carbocycles. The molecule has 1 aliphatic rings. The van der Waals surface area contributed by atoms with Crippen LogP contribution in [0.2, 0.25) is 0 Å². The molecular formula is C8H13NO3. The molecule has 12 heavy (non-hydrogen) atoms.